The predicted molar refractivity (Wildman–Crippen MR) is 63.7 cm³/mol. The summed E-state index contributed by atoms with van der Waals surface area (Å²) in [5.41, 5.74) is -0.433. The van der Waals surface area contributed by atoms with Crippen LogP contribution in [0.3, 0.4) is 0 Å². The number of imidazole rings is 1. The van der Waals surface area contributed by atoms with Crippen molar-refractivity contribution in [2.24, 2.45) is 0 Å². The third-order valence-corrected chi connectivity index (χ3v) is 2.78. The molecular weight excluding hydrogens is 218 g/mol. The Labute approximate surface area is 101 Å². The van der Waals surface area contributed by atoms with Crippen LogP contribution in [0, 0.1) is 0 Å². The molecule has 0 aliphatic heterocycles. The average molecular weight is 237 g/mol. The van der Waals surface area contributed by atoms with Crippen LogP contribution in [0.25, 0.3) is 0 Å². The first kappa shape index (κ1) is 12.0. The second-order valence-corrected chi connectivity index (χ2v) is 5.48. The van der Waals surface area contributed by atoms with E-state index in [1.165, 1.54) is 0 Å². The van der Waals surface area contributed by atoms with Crippen molar-refractivity contribution in [2.75, 3.05) is 0 Å². The van der Waals surface area contributed by atoms with Crippen LogP contribution in [-0.2, 0) is 4.74 Å². The molecule has 1 amide bonds. The number of amides is 1. The summed E-state index contributed by atoms with van der Waals surface area (Å²) in [5.74, 6) is 0. The topological polar surface area (TPSA) is 56.1 Å². The van der Waals surface area contributed by atoms with E-state index >= 15 is 0 Å². The lowest BCUT2D eigenvalue weighted by atomic mass is 9.87. The van der Waals surface area contributed by atoms with Crippen LogP contribution < -0.4 is 5.32 Å². The third-order valence-electron chi connectivity index (χ3n) is 2.78. The second-order valence-electron chi connectivity index (χ2n) is 5.48. The minimum atomic E-state index is -0.433. The molecule has 0 bridgehead atoms. The van der Waals surface area contributed by atoms with E-state index in [0.29, 0.717) is 6.04 Å². The third kappa shape index (κ3) is 3.22. The van der Waals surface area contributed by atoms with Crippen LogP contribution in [0.15, 0.2) is 18.7 Å². The largest absolute Gasteiger partial charge is 0.444 e. The Morgan fingerprint density at radius 2 is 2.18 bits per heavy atom. The molecule has 2 rings (SSSR count). The van der Waals surface area contributed by atoms with Crippen molar-refractivity contribution in [1.29, 1.82) is 0 Å². The van der Waals surface area contributed by atoms with Gasteiger partial charge in [-0.3, -0.25) is 0 Å². The Morgan fingerprint density at radius 1 is 1.47 bits per heavy atom. The van der Waals surface area contributed by atoms with Crippen LogP contribution in [0.2, 0.25) is 0 Å². The smallest absolute Gasteiger partial charge is 0.407 e. The predicted octanol–water partition coefficient (Wildman–Crippen LogP) is 2.11. The zero-order valence-corrected chi connectivity index (χ0v) is 10.5. The van der Waals surface area contributed by atoms with Gasteiger partial charge in [-0.1, -0.05) is 0 Å². The van der Waals surface area contributed by atoms with Crippen LogP contribution >= 0.6 is 0 Å². The minimum Gasteiger partial charge on any atom is -0.444 e. The number of alkyl carbamates (subject to hydrolysis) is 1. The summed E-state index contributed by atoms with van der Waals surface area (Å²) < 4.78 is 7.28. The Kier molecular flexibility index (Phi) is 3.09. The summed E-state index contributed by atoms with van der Waals surface area (Å²) in [6.45, 7) is 5.59. The van der Waals surface area contributed by atoms with Gasteiger partial charge < -0.3 is 14.6 Å². The van der Waals surface area contributed by atoms with E-state index in [1.54, 1.807) is 6.20 Å². The average Bonchev–Trinajstić information content (AvgIpc) is 2.59. The summed E-state index contributed by atoms with van der Waals surface area (Å²) in [7, 11) is 0. The molecule has 0 aromatic carbocycles. The first-order chi connectivity index (χ1) is 7.94. The highest BCUT2D eigenvalue weighted by Crippen LogP contribution is 2.31. The quantitative estimate of drug-likeness (QED) is 0.857. The van der Waals surface area contributed by atoms with Gasteiger partial charge in [-0.15, -0.1) is 0 Å². The molecule has 0 unspecified atom stereocenters. The number of nitrogens with zero attached hydrogens (tertiary/aromatic N) is 2. The van der Waals surface area contributed by atoms with E-state index in [9.17, 15) is 4.79 Å². The van der Waals surface area contributed by atoms with E-state index in [2.05, 4.69) is 14.9 Å². The molecule has 0 radical (unpaired) electrons. The first-order valence-corrected chi connectivity index (χ1v) is 5.91. The fraction of sp³-hybridized carbons (Fsp3) is 0.667. The van der Waals surface area contributed by atoms with Gasteiger partial charge in [0, 0.05) is 24.5 Å². The summed E-state index contributed by atoms with van der Waals surface area (Å²) in [4.78, 5) is 15.5. The van der Waals surface area contributed by atoms with Crippen molar-refractivity contribution in [3.63, 3.8) is 0 Å². The Bertz CT molecular complexity index is 375. The van der Waals surface area contributed by atoms with Crippen LogP contribution in [0.5, 0.6) is 0 Å². The lowest BCUT2D eigenvalue weighted by Gasteiger charge is -2.36. The Hall–Kier alpha value is -1.52. The van der Waals surface area contributed by atoms with Gasteiger partial charge in [-0.05, 0) is 33.6 Å². The molecular formula is C12H19N3O2. The zero-order chi connectivity index (χ0) is 12.5. The van der Waals surface area contributed by atoms with Crippen molar-refractivity contribution >= 4 is 6.09 Å². The highest BCUT2D eigenvalue weighted by Gasteiger charge is 2.32. The second kappa shape index (κ2) is 4.39. The highest BCUT2D eigenvalue weighted by molar-refractivity contribution is 5.68. The number of hydrogen-bond acceptors (Lipinski definition) is 3. The van der Waals surface area contributed by atoms with Gasteiger partial charge >= 0.3 is 6.09 Å². The number of carbonyl (C=O) groups excluding carboxylic acids is 1. The van der Waals surface area contributed by atoms with Gasteiger partial charge in [0.2, 0.25) is 0 Å². The molecule has 1 heterocycles. The maximum absolute atomic E-state index is 11.5. The summed E-state index contributed by atoms with van der Waals surface area (Å²) in [6.07, 6.45) is 7.09. The molecule has 0 spiro atoms. The molecule has 5 nitrogen and oxygen atoms in total. The molecule has 1 aromatic rings. The molecule has 0 saturated heterocycles. The summed E-state index contributed by atoms with van der Waals surface area (Å²) in [6, 6.07) is 0.676. The number of nitrogens with one attached hydrogen (secondary N) is 1. The SMILES string of the molecule is CC(C)(C)OC(=O)N[C@H]1C[C@H](n2ccnc2)C1. The fourth-order valence-corrected chi connectivity index (χ4v) is 1.91. The summed E-state index contributed by atoms with van der Waals surface area (Å²) >= 11 is 0. The van der Waals surface area contributed by atoms with Gasteiger partial charge in [0.15, 0.2) is 0 Å². The molecule has 1 fully saturated rings. The highest BCUT2D eigenvalue weighted by atomic mass is 16.6. The maximum Gasteiger partial charge on any atom is 0.407 e. The van der Waals surface area contributed by atoms with Gasteiger partial charge in [0.05, 0.1) is 6.33 Å². The maximum atomic E-state index is 11.5. The van der Waals surface area contributed by atoms with Gasteiger partial charge in [0.25, 0.3) is 0 Å². The molecule has 17 heavy (non-hydrogen) atoms. The van der Waals surface area contributed by atoms with Crippen molar-refractivity contribution in [1.82, 2.24) is 14.9 Å². The molecule has 1 saturated carbocycles. The molecule has 94 valence electrons. The van der Waals surface area contributed by atoms with Crippen LogP contribution in [-0.4, -0.2) is 27.3 Å². The Balaban J connectivity index is 1.72. The van der Waals surface area contributed by atoms with Gasteiger partial charge in [-0.2, -0.15) is 0 Å². The van der Waals surface area contributed by atoms with E-state index in [1.807, 2.05) is 33.3 Å². The molecule has 1 N–H and O–H groups in total. The lowest BCUT2D eigenvalue weighted by molar-refractivity contribution is 0.0456. The number of hydrogen-bond donors (Lipinski definition) is 1. The van der Waals surface area contributed by atoms with E-state index in [-0.39, 0.29) is 12.1 Å². The van der Waals surface area contributed by atoms with E-state index in [0.717, 1.165) is 12.8 Å². The van der Waals surface area contributed by atoms with Gasteiger partial charge in [-0.25, -0.2) is 9.78 Å². The van der Waals surface area contributed by atoms with Crippen molar-refractivity contribution in [3.8, 4) is 0 Å². The number of rotatable bonds is 2. The standard InChI is InChI=1S/C12H19N3O2/c1-12(2,3)17-11(16)14-9-6-10(7-9)15-5-4-13-8-15/h4-5,8-10H,6-7H2,1-3H3,(H,14,16)/t9-,10-. The minimum absolute atomic E-state index is 0.220. The Morgan fingerprint density at radius 3 is 2.71 bits per heavy atom. The summed E-state index contributed by atoms with van der Waals surface area (Å²) in [5, 5.41) is 2.87. The molecule has 0 atom stereocenters. The molecule has 1 aromatic heterocycles. The zero-order valence-electron chi connectivity index (χ0n) is 10.5. The molecule has 1 aliphatic carbocycles. The first-order valence-electron chi connectivity index (χ1n) is 5.91. The number of carbonyl (C=O) groups is 1. The van der Waals surface area contributed by atoms with Crippen molar-refractivity contribution < 1.29 is 9.53 Å². The number of ether oxygens (including phenoxy) is 1. The van der Waals surface area contributed by atoms with E-state index < -0.39 is 5.60 Å². The van der Waals surface area contributed by atoms with Crippen LogP contribution in [0.1, 0.15) is 39.7 Å². The number of aromatic nitrogens is 2. The van der Waals surface area contributed by atoms with Crippen molar-refractivity contribution in [3.05, 3.63) is 18.7 Å². The monoisotopic (exact) mass is 237 g/mol. The molecule has 5 heteroatoms. The fourth-order valence-electron chi connectivity index (χ4n) is 1.91. The van der Waals surface area contributed by atoms with Gasteiger partial charge in [0.1, 0.15) is 5.60 Å². The van der Waals surface area contributed by atoms with Crippen LogP contribution in [0.4, 0.5) is 4.79 Å². The lowest BCUT2D eigenvalue weighted by Crippen LogP contribution is -2.46. The normalized spacial score (nSPS) is 23.9. The molecule has 1 aliphatic rings. The van der Waals surface area contributed by atoms with E-state index in [4.69, 9.17) is 4.74 Å². The van der Waals surface area contributed by atoms with Crippen molar-refractivity contribution in [2.45, 2.75) is 51.3 Å².